The van der Waals surface area contributed by atoms with Crippen LogP contribution in [0.25, 0.3) is 11.1 Å². The fraction of sp³-hybridized carbons (Fsp3) is 0. The second kappa shape index (κ2) is 7.85. The minimum atomic E-state index is -0.539. The molecule has 0 aliphatic carbocycles. The Kier molecular flexibility index (Phi) is 5.15. The van der Waals surface area contributed by atoms with E-state index >= 15 is 0 Å². The molecular formula is C21H16N4O2. The van der Waals surface area contributed by atoms with E-state index in [0.29, 0.717) is 22.6 Å². The van der Waals surface area contributed by atoms with Gasteiger partial charge in [0.15, 0.2) is 5.96 Å². The van der Waals surface area contributed by atoms with Crippen LogP contribution in [0.15, 0.2) is 77.8 Å². The Balaban J connectivity index is 1.80. The number of ether oxygens (including phenoxy) is 1. The number of benzene rings is 3. The summed E-state index contributed by atoms with van der Waals surface area (Å²) in [7, 11) is 0. The summed E-state index contributed by atoms with van der Waals surface area (Å²) in [5.74, 6) is -0.306. The molecule has 4 N–H and O–H groups in total. The minimum Gasteiger partial charge on any atom is -0.423 e. The van der Waals surface area contributed by atoms with Crippen LogP contribution in [0.2, 0.25) is 0 Å². The fourth-order valence-corrected chi connectivity index (χ4v) is 2.54. The van der Waals surface area contributed by atoms with Gasteiger partial charge in [-0.2, -0.15) is 5.26 Å². The molecule has 6 heteroatoms. The van der Waals surface area contributed by atoms with Gasteiger partial charge >= 0.3 is 5.97 Å². The highest BCUT2D eigenvalue weighted by molar-refractivity contribution is 5.91. The highest BCUT2D eigenvalue weighted by Crippen LogP contribution is 2.27. The number of esters is 1. The number of hydrogen-bond donors (Lipinski definition) is 2. The molecule has 0 fully saturated rings. The zero-order chi connectivity index (χ0) is 19.2. The molecule has 0 atom stereocenters. The number of aliphatic imine (C=N–C) groups is 1. The Hall–Kier alpha value is -4.11. The highest BCUT2D eigenvalue weighted by atomic mass is 16.5. The molecule has 0 saturated heterocycles. The first-order chi connectivity index (χ1) is 13.1. The van der Waals surface area contributed by atoms with Crippen molar-refractivity contribution < 1.29 is 9.53 Å². The van der Waals surface area contributed by atoms with Crippen molar-refractivity contribution in [2.45, 2.75) is 0 Å². The van der Waals surface area contributed by atoms with Gasteiger partial charge in [0.1, 0.15) is 5.75 Å². The number of nitrogens with zero attached hydrogens (tertiary/aromatic N) is 2. The van der Waals surface area contributed by atoms with Gasteiger partial charge in [-0.25, -0.2) is 9.79 Å². The quantitative estimate of drug-likeness (QED) is 0.322. The fourth-order valence-electron chi connectivity index (χ4n) is 2.54. The van der Waals surface area contributed by atoms with E-state index in [0.717, 1.165) is 11.1 Å². The van der Waals surface area contributed by atoms with Gasteiger partial charge in [-0.05, 0) is 53.6 Å². The summed E-state index contributed by atoms with van der Waals surface area (Å²) in [5, 5.41) is 9.43. The molecule has 3 aromatic carbocycles. The largest absolute Gasteiger partial charge is 0.423 e. The van der Waals surface area contributed by atoms with Crippen LogP contribution < -0.4 is 16.2 Å². The summed E-state index contributed by atoms with van der Waals surface area (Å²) in [4.78, 5) is 16.2. The van der Waals surface area contributed by atoms with E-state index in [4.69, 9.17) is 16.2 Å². The van der Waals surface area contributed by atoms with Crippen LogP contribution in [-0.4, -0.2) is 11.9 Å². The third kappa shape index (κ3) is 4.30. The number of rotatable bonds is 4. The molecular weight excluding hydrogens is 340 g/mol. The average Bonchev–Trinajstić information content (AvgIpc) is 2.68. The molecule has 132 valence electrons. The molecule has 0 amide bonds. The van der Waals surface area contributed by atoms with Crippen molar-refractivity contribution in [1.29, 1.82) is 5.26 Å². The molecule has 27 heavy (non-hydrogen) atoms. The van der Waals surface area contributed by atoms with Gasteiger partial charge in [0.25, 0.3) is 0 Å². The number of carbonyl (C=O) groups is 1. The smallest absolute Gasteiger partial charge is 0.343 e. The van der Waals surface area contributed by atoms with E-state index in [-0.39, 0.29) is 5.96 Å². The first-order valence-electron chi connectivity index (χ1n) is 8.08. The molecule has 0 saturated carbocycles. The van der Waals surface area contributed by atoms with E-state index in [1.807, 2.05) is 30.3 Å². The van der Waals surface area contributed by atoms with Gasteiger partial charge in [0.2, 0.25) is 0 Å². The number of hydrogen-bond acceptors (Lipinski definition) is 4. The highest BCUT2D eigenvalue weighted by Gasteiger charge is 2.11. The first-order valence-corrected chi connectivity index (χ1v) is 8.08. The van der Waals surface area contributed by atoms with Crippen LogP contribution in [0.5, 0.6) is 5.75 Å². The maximum Gasteiger partial charge on any atom is 0.343 e. The standard InChI is InChI=1S/C21H16N4O2/c22-13-16-12-18(10-11-19(16)14-4-2-1-3-5-14)27-20(26)15-6-8-17(9-7-15)25-21(23)24/h1-12H,(H4,23,24,25). The van der Waals surface area contributed by atoms with Crippen LogP contribution in [0.4, 0.5) is 5.69 Å². The Labute approximate surface area is 156 Å². The molecule has 0 heterocycles. The van der Waals surface area contributed by atoms with Crippen molar-refractivity contribution in [3.63, 3.8) is 0 Å². The van der Waals surface area contributed by atoms with Crippen molar-refractivity contribution in [3.05, 3.63) is 83.9 Å². The summed E-state index contributed by atoms with van der Waals surface area (Å²) < 4.78 is 5.38. The first kappa shape index (κ1) is 17.7. The Bertz CT molecular complexity index is 1030. The van der Waals surface area contributed by atoms with Crippen LogP contribution in [0.1, 0.15) is 15.9 Å². The molecule has 0 aliphatic heterocycles. The lowest BCUT2D eigenvalue weighted by atomic mass is 10.0. The Morgan fingerprint density at radius 2 is 1.67 bits per heavy atom. The third-order valence-electron chi connectivity index (χ3n) is 3.77. The minimum absolute atomic E-state index is 0.0622. The Morgan fingerprint density at radius 1 is 0.963 bits per heavy atom. The SMILES string of the molecule is N#Cc1cc(OC(=O)c2ccc(N=C(N)N)cc2)ccc1-c1ccccc1. The monoisotopic (exact) mass is 356 g/mol. The number of guanidine groups is 1. The lowest BCUT2D eigenvalue weighted by Crippen LogP contribution is -2.21. The zero-order valence-corrected chi connectivity index (χ0v) is 14.3. The lowest BCUT2D eigenvalue weighted by molar-refractivity contribution is 0.0735. The number of nitrogens with two attached hydrogens (primary N) is 2. The van der Waals surface area contributed by atoms with Crippen LogP contribution in [0, 0.1) is 11.3 Å². The van der Waals surface area contributed by atoms with E-state index in [1.54, 1.807) is 42.5 Å². The van der Waals surface area contributed by atoms with Crippen molar-refractivity contribution >= 4 is 17.6 Å². The van der Waals surface area contributed by atoms with Crippen molar-refractivity contribution in [3.8, 4) is 22.9 Å². The van der Waals surface area contributed by atoms with Gasteiger partial charge in [-0.1, -0.05) is 30.3 Å². The van der Waals surface area contributed by atoms with Crippen molar-refractivity contribution in [2.75, 3.05) is 0 Å². The summed E-state index contributed by atoms with van der Waals surface area (Å²) in [5.41, 5.74) is 13.6. The molecule has 0 aliphatic rings. The molecule has 0 unspecified atom stereocenters. The Morgan fingerprint density at radius 3 is 2.30 bits per heavy atom. The van der Waals surface area contributed by atoms with Gasteiger partial charge in [-0.15, -0.1) is 0 Å². The number of nitriles is 1. The summed E-state index contributed by atoms with van der Waals surface area (Å²) >= 11 is 0. The molecule has 3 rings (SSSR count). The predicted octanol–water partition coefficient (Wildman–Crippen LogP) is 3.35. The average molecular weight is 356 g/mol. The second-order valence-corrected chi connectivity index (χ2v) is 5.66. The molecule has 6 nitrogen and oxygen atoms in total. The summed E-state index contributed by atoms with van der Waals surface area (Å²) in [6.45, 7) is 0. The third-order valence-corrected chi connectivity index (χ3v) is 3.77. The van der Waals surface area contributed by atoms with E-state index in [9.17, 15) is 10.1 Å². The van der Waals surface area contributed by atoms with E-state index in [1.165, 1.54) is 0 Å². The van der Waals surface area contributed by atoms with Gasteiger partial charge in [0, 0.05) is 0 Å². The second-order valence-electron chi connectivity index (χ2n) is 5.66. The normalized spacial score (nSPS) is 9.89. The van der Waals surface area contributed by atoms with Crippen LogP contribution in [0.3, 0.4) is 0 Å². The summed E-state index contributed by atoms with van der Waals surface area (Å²) in [6, 6.07) is 23.0. The van der Waals surface area contributed by atoms with Crippen LogP contribution >= 0.6 is 0 Å². The molecule has 0 spiro atoms. The molecule has 0 bridgehead atoms. The van der Waals surface area contributed by atoms with E-state index < -0.39 is 5.97 Å². The lowest BCUT2D eigenvalue weighted by Gasteiger charge is -2.08. The van der Waals surface area contributed by atoms with E-state index in [2.05, 4.69) is 11.1 Å². The van der Waals surface area contributed by atoms with Crippen molar-refractivity contribution in [2.24, 2.45) is 16.5 Å². The topological polar surface area (TPSA) is 114 Å². The summed E-state index contributed by atoms with van der Waals surface area (Å²) in [6.07, 6.45) is 0. The number of carbonyl (C=O) groups excluding carboxylic acids is 1. The zero-order valence-electron chi connectivity index (χ0n) is 14.3. The molecule has 0 aromatic heterocycles. The van der Waals surface area contributed by atoms with Gasteiger partial charge < -0.3 is 16.2 Å². The molecule has 3 aromatic rings. The molecule has 0 radical (unpaired) electrons. The predicted molar refractivity (Wildman–Crippen MR) is 103 cm³/mol. The van der Waals surface area contributed by atoms with Gasteiger partial charge in [-0.3, -0.25) is 0 Å². The maximum atomic E-state index is 12.3. The van der Waals surface area contributed by atoms with Gasteiger partial charge in [0.05, 0.1) is 22.9 Å². The maximum absolute atomic E-state index is 12.3. The van der Waals surface area contributed by atoms with Crippen LogP contribution in [-0.2, 0) is 0 Å². The van der Waals surface area contributed by atoms with Crippen molar-refractivity contribution in [1.82, 2.24) is 0 Å².